The van der Waals surface area contributed by atoms with E-state index in [1.54, 1.807) is 24.3 Å². The Morgan fingerprint density at radius 3 is 2.77 bits per heavy atom. The summed E-state index contributed by atoms with van der Waals surface area (Å²) >= 11 is 5.92. The smallest absolute Gasteiger partial charge is 0.260 e. The highest BCUT2D eigenvalue weighted by molar-refractivity contribution is 6.30. The molecule has 1 fully saturated rings. The normalized spacial score (nSPS) is 15.3. The molecular formula is C20H19ClN2O3. The number of carbonyl (C=O) groups is 1. The largest absolute Gasteiger partial charge is 0.484 e. The van der Waals surface area contributed by atoms with Gasteiger partial charge in [-0.3, -0.25) is 4.79 Å². The molecule has 1 saturated heterocycles. The Kier molecular flexibility index (Phi) is 4.80. The molecule has 0 spiro atoms. The van der Waals surface area contributed by atoms with Gasteiger partial charge in [-0.05, 0) is 43.2 Å². The molecule has 1 aliphatic rings. The van der Waals surface area contributed by atoms with Gasteiger partial charge in [0.2, 0.25) is 0 Å². The zero-order valence-electron chi connectivity index (χ0n) is 14.2. The Labute approximate surface area is 156 Å². The molecule has 4 rings (SSSR count). The standard InChI is InChI=1S/C20H19ClN2O3/c21-15-4-3-5-16(12-15)25-13-19(24)23-10-8-14(9-11-23)20-22-17-6-1-2-7-18(17)26-20/h1-7,12,14H,8-11,13H2. The first-order valence-electron chi connectivity index (χ1n) is 8.70. The number of hydrogen-bond donors (Lipinski definition) is 0. The van der Waals surface area contributed by atoms with Gasteiger partial charge in [0.1, 0.15) is 11.3 Å². The zero-order chi connectivity index (χ0) is 17.9. The zero-order valence-corrected chi connectivity index (χ0v) is 15.0. The summed E-state index contributed by atoms with van der Waals surface area (Å²) in [4.78, 5) is 18.8. The summed E-state index contributed by atoms with van der Waals surface area (Å²) < 4.78 is 11.4. The first-order valence-corrected chi connectivity index (χ1v) is 9.08. The molecule has 26 heavy (non-hydrogen) atoms. The van der Waals surface area contributed by atoms with E-state index in [4.69, 9.17) is 20.8 Å². The second-order valence-corrected chi connectivity index (χ2v) is 6.86. The fourth-order valence-corrected chi connectivity index (χ4v) is 3.41. The van der Waals surface area contributed by atoms with E-state index < -0.39 is 0 Å². The highest BCUT2D eigenvalue weighted by atomic mass is 35.5. The lowest BCUT2D eigenvalue weighted by molar-refractivity contribution is -0.134. The maximum Gasteiger partial charge on any atom is 0.260 e. The maximum atomic E-state index is 12.4. The minimum atomic E-state index is -0.0130. The third-order valence-corrected chi connectivity index (χ3v) is 4.90. The lowest BCUT2D eigenvalue weighted by atomic mass is 9.97. The average Bonchev–Trinajstić information content (AvgIpc) is 3.10. The number of carbonyl (C=O) groups excluding carboxylic acids is 1. The number of nitrogens with zero attached hydrogens (tertiary/aromatic N) is 2. The number of fused-ring (bicyclic) bond motifs is 1. The second kappa shape index (κ2) is 7.38. The van der Waals surface area contributed by atoms with Gasteiger partial charge in [-0.2, -0.15) is 0 Å². The molecule has 1 aromatic heterocycles. The van der Waals surface area contributed by atoms with Crippen molar-refractivity contribution in [3.63, 3.8) is 0 Å². The molecule has 0 aliphatic carbocycles. The van der Waals surface area contributed by atoms with Gasteiger partial charge in [-0.1, -0.05) is 29.8 Å². The quantitative estimate of drug-likeness (QED) is 0.688. The molecule has 0 saturated carbocycles. The number of hydrogen-bond acceptors (Lipinski definition) is 4. The lowest BCUT2D eigenvalue weighted by Crippen LogP contribution is -2.40. The van der Waals surface area contributed by atoms with E-state index in [0.717, 1.165) is 29.8 Å². The molecule has 0 radical (unpaired) electrons. The van der Waals surface area contributed by atoms with E-state index >= 15 is 0 Å². The van der Waals surface area contributed by atoms with Gasteiger partial charge in [0.25, 0.3) is 5.91 Å². The number of ether oxygens (including phenoxy) is 1. The SMILES string of the molecule is O=C(COc1cccc(Cl)c1)N1CCC(c2nc3ccccc3o2)CC1. The molecule has 0 N–H and O–H groups in total. The first-order chi connectivity index (χ1) is 12.7. The van der Waals surface area contributed by atoms with Gasteiger partial charge in [-0.15, -0.1) is 0 Å². The van der Waals surface area contributed by atoms with Crippen LogP contribution in [0.3, 0.4) is 0 Å². The van der Waals surface area contributed by atoms with Crippen molar-refractivity contribution >= 4 is 28.6 Å². The van der Waals surface area contributed by atoms with Crippen molar-refractivity contribution in [2.24, 2.45) is 0 Å². The van der Waals surface area contributed by atoms with Crippen molar-refractivity contribution in [1.29, 1.82) is 0 Å². The summed E-state index contributed by atoms with van der Waals surface area (Å²) in [6.07, 6.45) is 1.69. The van der Waals surface area contributed by atoms with Crippen molar-refractivity contribution < 1.29 is 13.9 Å². The molecule has 0 atom stereocenters. The van der Waals surface area contributed by atoms with Crippen LogP contribution in [0.5, 0.6) is 5.75 Å². The summed E-state index contributed by atoms with van der Waals surface area (Å²) in [6, 6.07) is 14.8. The average molecular weight is 371 g/mol. The summed E-state index contributed by atoms with van der Waals surface area (Å²) in [7, 11) is 0. The molecule has 134 valence electrons. The molecule has 2 aromatic carbocycles. The van der Waals surface area contributed by atoms with Crippen molar-refractivity contribution in [2.75, 3.05) is 19.7 Å². The monoisotopic (exact) mass is 370 g/mol. The number of aromatic nitrogens is 1. The predicted molar refractivity (Wildman–Crippen MR) is 99.5 cm³/mol. The number of rotatable bonds is 4. The van der Waals surface area contributed by atoms with E-state index in [-0.39, 0.29) is 18.4 Å². The van der Waals surface area contributed by atoms with Crippen LogP contribution < -0.4 is 4.74 Å². The number of para-hydroxylation sites is 2. The van der Waals surface area contributed by atoms with Crippen molar-refractivity contribution in [3.05, 3.63) is 59.4 Å². The first kappa shape index (κ1) is 16.9. The Balaban J connectivity index is 1.32. The van der Waals surface area contributed by atoms with Gasteiger partial charge < -0.3 is 14.1 Å². The maximum absolute atomic E-state index is 12.4. The third-order valence-electron chi connectivity index (χ3n) is 4.67. The van der Waals surface area contributed by atoms with Gasteiger partial charge in [-0.25, -0.2) is 4.98 Å². The van der Waals surface area contributed by atoms with Gasteiger partial charge in [0.15, 0.2) is 18.1 Å². The van der Waals surface area contributed by atoms with E-state index in [1.807, 2.05) is 29.2 Å². The van der Waals surface area contributed by atoms with Crippen LogP contribution in [0.25, 0.3) is 11.1 Å². The van der Waals surface area contributed by atoms with Crippen LogP contribution in [0, 0.1) is 0 Å². The van der Waals surface area contributed by atoms with Crippen LogP contribution in [0.15, 0.2) is 52.9 Å². The van der Waals surface area contributed by atoms with Crippen LogP contribution in [-0.2, 0) is 4.79 Å². The second-order valence-electron chi connectivity index (χ2n) is 6.42. The molecular weight excluding hydrogens is 352 g/mol. The van der Waals surface area contributed by atoms with Gasteiger partial charge in [0.05, 0.1) is 0 Å². The molecule has 0 bridgehead atoms. The minimum absolute atomic E-state index is 0.0130. The molecule has 2 heterocycles. The summed E-state index contributed by atoms with van der Waals surface area (Å²) in [5.74, 6) is 1.61. The molecule has 1 amide bonds. The fourth-order valence-electron chi connectivity index (χ4n) is 3.23. The fraction of sp³-hybridized carbons (Fsp3) is 0.300. The number of oxazole rings is 1. The molecule has 5 nitrogen and oxygen atoms in total. The van der Waals surface area contributed by atoms with Crippen LogP contribution in [0.2, 0.25) is 5.02 Å². The molecule has 1 aliphatic heterocycles. The predicted octanol–water partition coefficient (Wildman–Crippen LogP) is 4.27. The van der Waals surface area contributed by atoms with E-state index in [0.29, 0.717) is 23.9 Å². The van der Waals surface area contributed by atoms with Gasteiger partial charge >= 0.3 is 0 Å². The Bertz CT molecular complexity index is 883. The number of amides is 1. The van der Waals surface area contributed by atoms with Crippen molar-refractivity contribution in [2.45, 2.75) is 18.8 Å². The topological polar surface area (TPSA) is 55.6 Å². The minimum Gasteiger partial charge on any atom is -0.484 e. The van der Waals surface area contributed by atoms with E-state index in [9.17, 15) is 4.79 Å². The van der Waals surface area contributed by atoms with E-state index in [2.05, 4.69) is 4.98 Å². The highest BCUT2D eigenvalue weighted by Crippen LogP contribution is 2.30. The number of piperidine rings is 1. The van der Waals surface area contributed by atoms with Crippen LogP contribution in [0.4, 0.5) is 0 Å². The third kappa shape index (κ3) is 3.68. The Hall–Kier alpha value is -2.53. The lowest BCUT2D eigenvalue weighted by Gasteiger charge is -2.30. The summed E-state index contributed by atoms with van der Waals surface area (Å²) in [6.45, 7) is 1.39. The number of likely N-dealkylation sites (tertiary alicyclic amines) is 1. The molecule has 6 heteroatoms. The Morgan fingerprint density at radius 2 is 2.00 bits per heavy atom. The summed E-state index contributed by atoms with van der Waals surface area (Å²) in [5, 5.41) is 0.592. The van der Waals surface area contributed by atoms with Crippen molar-refractivity contribution in [3.8, 4) is 5.75 Å². The van der Waals surface area contributed by atoms with Crippen LogP contribution >= 0.6 is 11.6 Å². The Morgan fingerprint density at radius 1 is 1.19 bits per heavy atom. The summed E-state index contributed by atoms with van der Waals surface area (Å²) in [5.41, 5.74) is 1.70. The van der Waals surface area contributed by atoms with Crippen LogP contribution in [-0.4, -0.2) is 35.5 Å². The van der Waals surface area contributed by atoms with Crippen molar-refractivity contribution in [1.82, 2.24) is 9.88 Å². The van der Waals surface area contributed by atoms with Gasteiger partial charge in [0, 0.05) is 24.0 Å². The highest BCUT2D eigenvalue weighted by Gasteiger charge is 2.27. The number of halogens is 1. The molecule has 3 aromatic rings. The number of benzene rings is 2. The van der Waals surface area contributed by atoms with Crippen LogP contribution in [0.1, 0.15) is 24.7 Å². The van der Waals surface area contributed by atoms with E-state index in [1.165, 1.54) is 0 Å². The molecule has 0 unspecified atom stereocenters.